The number of piperidine rings is 1. The number of aryl methyl sites for hydroxylation is 2. The van der Waals surface area contributed by atoms with Gasteiger partial charge < -0.3 is 19.2 Å². The van der Waals surface area contributed by atoms with Crippen molar-refractivity contribution in [2.45, 2.75) is 39.8 Å². The first-order chi connectivity index (χ1) is 14.0. The van der Waals surface area contributed by atoms with E-state index < -0.39 is 0 Å². The summed E-state index contributed by atoms with van der Waals surface area (Å²) in [5, 5.41) is 0. The molecule has 0 spiro atoms. The van der Waals surface area contributed by atoms with Crippen molar-refractivity contribution in [3.8, 4) is 0 Å². The lowest BCUT2D eigenvalue weighted by molar-refractivity contribution is -0.136. The van der Waals surface area contributed by atoms with Gasteiger partial charge in [-0.3, -0.25) is 9.59 Å². The van der Waals surface area contributed by atoms with Crippen LogP contribution in [0.25, 0.3) is 11.2 Å². The van der Waals surface area contributed by atoms with Crippen LogP contribution in [0.5, 0.6) is 0 Å². The molecule has 2 aliphatic rings. The normalized spacial score (nSPS) is 17.2. The highest BCUT2D eigenvalue weighted by Gasteiger charge is 2.34. The number of carbonyl (C=O) groups is 1. The molecule has 0 bridgehead atoms. The molecule has 0 aliphatic carbocycles. The van der Waals surface area contributed by atoms with Gasteiger partial charge in [-0.25, -0.2) is 9.97 Å². The number of rotatable bonds is 2. The standard InChI is InChI=1S/C20H22N6O3/c1-11-3-4-16-17(21-11)24-20(29-16)25-7-5-13(6-8-25)19(28)26-9-14-15(10-26)22-12(2)23-18(14)27/h3-4,13H,5-10H2,1-2H3,(H,22,23,27). The van der Waals surface area contributed by atoms with E-state index in [4.69, 9.17) is 4.42 Å². The molecular formula is C20H22N6O3. The van der Waals surface area contributed by atoms with Gasteiger partial charge in [0.2, 0.25) is 11.6 Å². The first-order valence-corrected chi connectivity index (χ1v) is 9.84. The van der Waals surface area contributed by atoms with Crippen LogP contribution in [0.3, 0.4) is 0 Å². The summed E-state index contributed by atoms with van der Waals surface area (Å²) in [4.78, 5) is 44.9. The molecule has 29 heavy (non-hydrogen) atoms. The monoisotopic (exact) mass is 394 g/mol. The predicted molar refractivity (Wildman–Crippen MR) is 105 cm³/mol. The van der Waals surface area contributed by atoms with Gasteiger partial charge in [0.05, 0.1) is 24.3 Å². The number of hydrogen-bond acceptors (Lipinski definition) is 7. The maximum absolute atomic E-state index is 13.0. The van der Waals surface area contributed by atoms with Crippen LogP contribution >= 0.6 is 0 Å². The lowest BCUT2D eigenvalue weighted by Gasteiger charge is -2.32. The van der Waals surface area contributed by atoms with E-state index in [0.29, 0.717) is 60.5 Å². The number of hydrogen-bond donors (Lipinski definition) is 1. The van der Waals surface area contributed by atoms with Gasteiger partial charge in [-0.1, -0.05) is 0 Å². The zero-order valence-corrected chi connectivity index (χ0v) is 16.4. The number of nitrogens with one attached hydrogen (secondary N) is 1. The summed E-state index contributed by atoms with van der Waals surface area (Å²) in [6.07, 6.45) is 1.44. The molecule has 150 valence electrons. The molecule has 5 heterocycles. The minimum atomic E-state index is -0.141. The Morgan fingerprint density at radius 1 is 1.14 bits per heavy atom. The second-order valence-corrected chi connectivity index (χ2v) is 7.80. The van der Waals surface area contributed by atoms with E-state index in [1.807, 2.05) is 19.1 Å². The van der Waals surface area contributed by atoms with Gasteiger partial charge in [0, 0.05) is 24.7 Å². The highest BCUT2D eigenvalue weighted by Crippen LogP contribution is 2.28. The molecule has 0 radical (unpaired) electrons. The summed E-state index contributed by atoms with van der Waals surface area (Å²) in [5.74, 6) is 0.611. The van der Waals surface area contributed by atoms with Crippen molar-refractivity contribution >= 4 is 23.2 Å². The van der Waals surface area contributed by atoms with Crippen LogP contribution in [-0.2, 0) is 17.9 Å². The predicted octanol–water partition coefficient (Wildman–Crippen LogP) is 1.68. The number of amides is 1. The Kier molecular flexibility index (Phi) is 4.11. The third-order valence-electron chi connectivity index (χ3n) is 5.72. The Balaban J connectivity index is 1.25. The van der Waals surface area contributed by atoms with Crippen LogP contribution in [0.2, 0.25) is 0 Å². The summed E-state index contributed by atoms with van der Waals surface area (Å²) >= 11 is 0. The molecule has 0 atom stereocenters. The fourth-order valence-electron chi connectivity index (χ4n) is 4.16. The largest absolute Gasteiger partial charge is 0.422 e. The summed E-state index contributed by atoms with van der Waals surface area (Å²) in [7, 11) is 0. The first kappa shape index (κ1) is 17.8. The third-order valence-corrected chi connectivity index (χ3v) is 5.72. The highest BCUT2D eigenvalue weighted by molar-refractivity contribution is 5.79. The van der Waals surface area contributed by atoms with Crippen molar-refractivity contribution in [3.63, 3.8) is 0 Å². The van der Waals surface area contributed by atoms with Gasteiger partial charge in [-0.2, -0.15) is 4.98 Å². The van der Waals surface area contributed by atoms with Crippen molar-refractivity contribution in [1.82, 2.24) is 24.8 Å². The number of anilines is 1. The van der Waals surface area contributed by atoms with Crippen molar-refractivity contribution < 1.29 is 9.21 Å². The average molecular weight is 394 g/mol. The Bertz CT molecular complexity index is 1160. The molecule has 0 aromatic carbocycles. The number of pyridine rings is 1. The van der Waals surface area contributed by atoms with Gasteiger partial charge in [-0.05, 0) is 38.8 Å². The quantitative estimate of drug-likeness (QED) is 0.704. The molecule has 9 heteroatoms. The molecule has 0 unspecified atom stereocenters. The number of oxazole rings is 1. The van der Waals surface area contributed by atoms with Crippen LogP contribution in [0.4, 0.5) is 6.01 Å². The molecule has 5 rings (SSSR count). The summed E-state index contributed by atoms with van der Waals surface area (Å²) in [6, 6.07) is 4.34. The van der Waals surface area contributed by atoms with Gasteiger partial charge in [0.25, 0.3) is 11.6 Å². The van der Waals surface area contributed by atoms with Crippen molar-refractivity contribution in [2.75, 3.05) is 18.0 Å². The number of fused-ring (bicyclic) bond motifs is 2. The van der Waals surface area contributed by atoms with Crippen LogP contribution in [0, 0.1) is 19.8 Å². The van der Waals surface area contributed by atoms with E-state index in [1.54, 1.807) is 11.8 Å². The second-order valence-electron chi connectivity index (χ2n) is 7.80. The minimum absolute atomic E-state index is 0.0644. The zero-order valence-electron chi connectivity index (χ0n) is 16.4. The molecule has 0 saturated carbocycles. The maximum Gasteiger partial charge on any atom is 0.299 e. The van der Waals surface area contributed by atoms with Gasteiger partial charge >= 0.3 is 0 Å². The summed E-state index contributed by atoms with van der Waals surface area (Å²) in [6.45, 7) is 5.82. The molecule has 3 aromatic rings. The molecule has 1 fully saturated rings. The molecular weight excluding hydrogens is 372 g/mol. The second kappa shape index (κ2) is 6.68. The van der Waals surface area contributed by atoms with Crippen LogP contribution in [-0.4, -0.2) is 43.8 Å². The number of aromatic nitrogens is 4. The van der Waals surface area contributed by atoms with Crippen LogP contribution < -0.4 is 10.5 Å². The number of H-pyrrole nitrogens is 1. The first-order valence-electron chi connectivity index (χ1n) is 9.84. The van der Waals surface area contributed by atoms with Crippen molar-refractivity contribution in [1.29, 1.82) is 0 Å². The van der Waals surface area contributed by atoms with E-state index in [9.17, 15) is 9.59 Å². The molecule has 9 nitrogen and oxygen atoms in total. The maximum atomic E-state index is 13.0. The molecule has 1 saturated heterocycles. The van der Waals surface area contributed by atoms with E-state index in [-0.39, 0.29) is 17.4 Å². The fraction of sp³-hybridized carbons (Fsp3) is 0.450. The van der Waals surface area contributed by atoms with E-state index in [2.05, 4.69) is 24.8 Å². The summed E-state index contributed by atoms with van der Waals surface area (Å²) in [5.41, 5.74) is 3.36. The Labute approximate surface area is 166 Å². The molecule has 1 amide bonds. The third kappa shape index (κ3) is 3.16. The highest BCUT2D eigenvalue weighted by atomic mass is 16.4. The van der Waals surface area contributed by atoms with E-state index in [1.165, 1.54) is 0 Å². The minimum Gasteiger partial charge on any atom is -0.422 e. The zero-order chi connectivity index (χ0) is 20.1. The Morgan fingerprint density at radius 2 is 1.93 bits per heavy atom. The van der Waals surface area contributed by atoms with Gasteiger partial charge in [0.1, 0.15) is 5.82 Å². The van der Waals surface area contributed by atoms with Crippen molar-refractivity contribution in [3.05, 3.63) is 45.3 Å². The number of aromatic amines is 1. The smallest absolute Gasteiger partial charge is 0.299 e. The average Bonchev–Trinajstić information content (AvgIpc) is 3.31. The van der Waals surface area contributed by atoms with Crippen molar-refractivity contribution in [2.24, 2.45) is 5.92 Å². The molecule has 3 aromatic heterocycles. The van der Waals surface area contributed by atoms with E-state index >= 15 is 0 Å². The number of nitrogens with zero attached hydrogens (tertiary/aromatic N) is 5. The van der Waals surface area contributed by atoms with Gasteiger partial charge in [0.15, 0.2) is 5.58 Å². The fourth-order valence-corrected chi connectivity index (χ4v) is 4.16. The Morgan fingerprint density at radius 3 is 2.72 bits per heavy atom. The SMILES string of the molecule is Cc1ccc2oc(N3CCC(C(=O)N4Cc5nc(C)[nH]c(=O)c5C4)CC3)nc2n1. The van der Waals surface area contributed by atoms with Crippen LogP contribution in [0.1, 0.15) is 35.6 Å². The van der Waals surface area contributed by atoms with E-state index in [0.717, 1.165) is 18.5 Å². The molecule has 2 aliphatic heterocycles. The lowest BCUT2D eigenvalue weighted by atomic mass is 9.95. The Hall–Kier alpha value is -3.23. The molecule has 1 N–H and O–H groups in total. The van der Waals surface area contributed by atoms with Crippen LogP contribution in [0.15, 0.2) is 21.3 Å². The lowest BCUT2D eigenvalue weighted by Crippen LogP contribution is -2.41. The topological polar surface area (TPSA) is 108 Å². The summed E-state index contributed by atoms with van der Waals surface area (Å²) < 4.78 is 5.84. The van der Waals surface area contributed by atoms with Gasteiger partial charge in [-0.15, -0.1) is 0 Å². The number of carbonyl (C=O) groups excluding carboxylic acids is 1.